The summed E-state index contributed by atoms with van der Waals surface area (Å²) >= 11 is 0. The first-order valence-corrected chi connectivity index (χ1v) is 5.32. The zero-order valence-corrected chi connectivity index (χ0v) is 9.56. The second kappa shape index (κ2) is 6.12. The molecule has 0 saturated carbocycles. The van der Waals surface area contributed by atoms with E-state index in [0.29, 0.717) is 5.76 Å². The first-order chi connectivity index (χ1) is 7.65. The van der Waals surface area contributed by atoms with E-state index < -0.39 is 5.97 Å². The molecule has 1 aromatic heterocycles. The van der Waals surface area contributed by atoms with Crippen molar-refractivity contribution in [2.24, 2.45) is 0 Å². The molecule has 1 unspecified atom stereocenters. The highest BCUT2D eigenvalue weighted by Crippen LogP contribution is 2.16. The largest absolute Gasteiger partial charge is 0.475 e. The smallest absolute Gasteiger partial charge is 0.371 e. The minimum absolute atomic E-state index is 0.0166. The van der Waals surface area contributed by atoms with Crippen LogP contribution in [0.5, 0.6) is 0 Å². The van der Waals surface area contributed by atoms with Crippen molar-refractivity contribution in [3.05, 3.63) is 35.8 Å². The molecule has 1 heterocycles. The van der Waals surface area contributed by atoms with Gasteiger partial charge in [-0.3, -0.25) is 0 Å². The molecule has 2 N–H and O–H groups in total. The Kier molecular flexibility index (Phi) is 4.79. The van der Waals surface area contributed by atoms with Gasteiger partial charge in [-0.1, -0.05) is 12.2 Å². The molecule has 0 spiro atoms. The first kappa shape index (κ1) is 12.5. The standard InChI is InChI=1S/C12H17NO3/c1-3-4-5-8-13-9(2)10-6-7-11(16-10)12(14)15/h3-4,6-7,9,13H,5,8H2,1-2H3,(H,14,15)/b4-3+. The summed E-state index contributed by atoms with van der Waals surface area (Å²) in [5, 5.41) is 12.0. The van der Waals surface area contributed by atoms with Crippen molar-refractivity contribution in [2.75, 3.05) is 6.54 Å². The summed E-state index contributed by atoms with van der Waals surface area (Å²) in [6.07, 6.45) is 5.03. The van der Waals surface area contributed by atoms with E-state index >= 15 is 0 Å². The van der Waals surface area contributed by atoms with Crippen LogP contribution in [0.15, 0.2) is 28.7 Å². The summed E-state index contributed by atoms with van der Waals surface area (Å²) in [4.78, 5) is 10.6. The normalized spacial score (nSPS) is 13.1. The maximum atomic E-state index is 10.6. The molecule has 0 aliphatic heterocycles. The van der Waals surface area contributed by atoms with E-state index in [9.17, 15) is 4.79 Å². The third kappa shape index (κ3) is 3.55. The Morgan fingerprint density at radius 1 is 1.62 bits per heavy atom. The lowest BCUT2D eigenvalue weighted by Crippen LogP contribution is -2.18. The highest BCUT2D eigenvalue weighted by atomic mass is 16.4. The average Bonchev–Trinajstić information content (AvgIpc) is 2.73. The monoisotopic (exact) mass is 223 g/mol. The molecule has 0 saturated heterocycles. The zero-order chi connectivity index (χ0) is 12.0. The number of rotatable bonds is 6. The van der Waals surface area contributed by atoms with Crippen LogP contribution >= 0.6 is 0 Å². The van der Waals surface area contributed by atoms with Crippen LogP contribution in [0.3, 0.4) is 0 Å². The van der Waals surface area contributed by atoms with Gasteiger partial charge in [0.05, 0.1) is 6.04 Å². The van der Waals surface area contributed by atoms with E-state index in [4.69, 9.17) is 9.52 Å². The molecule has 0 bridgehead atoms. The zero-order valence-electron chi connectivity index (χ0n) is 9.56. The Hall–Kier alpha value is -1.55. The lowest BCUT2D eigenvalue weighted by atomic mass is 10.2. The number of aromatic carboxylic acids is 1. The van der Waals surface area contributed by atoms with Crippen LogP contribution in [-0.2, 0) is 0 Å². The fourth-order valence-electron chi connectivity index (χ4n) is 1.35. The lowest BCUT2D eigenvalue weighted by molar-refractivity contribution is 0.0659. The summed E-state index contributed by atoms with van der Waals surface area (Å²) < 4.78 is 5.18. The van der Waals surface area contributed by atoms with E-state index in [1.54, 1.807) is 6.07 Å². The van der Waals surface area contributed by atoms with Gasteiger partial charge in [0.15, 0.2) is 0 Å². The van der Waals surface area contributed by atoms with Crippen LogP contribution in [0.1, 0.15) is 42.6 Å². The Bertz CT molecular complexity index is 368. The topological polar surface area (TPSA) is 62.5 Å². The van der Waals surface area contributed by atoms with Gasteiger partial charge in [0.2, 0.25) is 5.76 Å². The summed E-state index contributed by atoms with van der Waals surface area (Å²) in [5.74, 6) is -0.401. The van der Waals surface area contributed by atoms with Gasteiger partial charge in [-0.05, 0) is 38.9 Å². The molecule has 16 heavy (non-hydrogen) atoms. The molecular formula is C12H17NO3. The molecule has 1 rings (SSSR count). The number of furan rings is 1. The number of carboxylic acids is 1. The molecule has 0 aliphatic rings. The minimum atomic E-state index is -1.03. The van der Waals surface area contributed by atoms with Gasteiger partial charge in [0.1, 0.15) is 5.76 Å². The van der Waals surface area contributed by atoms with Crippen molar-refractivity contribution in [1.29, 1.82) is 0 Å². The molecule has 1 atom stereocenters. The fourth-order valence-corrected chi connectivity index (χ4v) is 1.35. The van der Waals surface area contributed by atoms with Crippen LogP contribution in [-0.4, -0.2) is 17.6 Å². The van der Waals surface area contributed by atoms with Gasteiger partial charge in [0, 0.05) is 0 Å². The molecule has 0 aliphatic carbocycles. The van der Waals surface area contributed by atoms with Crippen LogP contribution in [0, 0.1) is 0 Å². The number of hydrogen-bond donors (Lipinski definition) is 2. The van der Waals surface area contributed by atoms with Gasteiger partial charge >= 0.3 is 5.97 Å². The van der Waals surface area contributed by atoms with Gasteiger partial charge in [-0.25, -0.2) is 4.79 Å². The maximum Gasteiger partial charge on any atom is 0.371 e. The molecule has 4 heteroatoms. The van der Waals surface area contributed by atoms with E-state index in [2.05, 4.69) is 11.4 Å². The van der Waals surface area contributed by atoms with Crippen molar-refractivity contribution in [3.8, 4) is 0 Å². The van der Waals surface area contributed by atoms with Crippen molar-refractivity contribution >= 4 is 5.97 Å². The summed E-state index contributed by atoms with van der Waals surface area (Å²) in [6, 6.07) is 3.19. The van der Waals surface area contributed by atoms with Crippen molar-refractivity contribution in [1.82, 2.24) is 5.32 Å². The molecule has 4 nitrogen and oxygen atoms in total. The van der Waals surface area contributed by atoms with E-state index in [1.807, 2.05) is 19.9 Å². The Morgan fingerprint density at radius 3 is 2.94 bits per heavy atom. The van der Waals surface area contributed by atoms with Gasteiger partial charge < -0.3 is 14.8 Å². The summed E-state index contributed by atoms with van der Waals surface area (Å²) in [6.45, 7) is 4.77. The summed E-state index contributed by atoms with van der Waals surface area (Å²) in [5.41, 5.74) is 0. The van der Waals surface area contributed by atoms with Gasteiger partial charge in [-0.2, -0.15) is 0 Å². The molecule has 1 aromatic rings. The maximum absolute atomic E-state index is 10.6. The van der Waals surface area contributed by atoms with Crippen LogP contribution < -0.4 is 5.32 Å². The van der Waals surface area contributed by atoms with E-state index in [0.717, 1.165) is 13.0 Å². The second-order valence-electron chi connectivity index (χ2n) is 3.54. The molecule has 0 fully saturated rings. The van der Waals surface area contributed by atoms with Crippen LogP contribution in [0.2, 0.25) is 0 Å². The molecule has 0 aromatic carbocycles. The van der Waals surface area contributed by atoms with Crippen molar-refractivity contribution in [2.45, 2.75) is 26.3 Å². The van der Waals surface area contributed by atoms with Crippen LogP contribution in [0.4, 0.5) is 0 Å². The highest BCUT2D eigenvalue weighted by Gasteiger charge is 2.13. The lowest BCUT2D eigenvalue weighted by Gasteiger charge is -2.09. The average molecular weight is 223 g/mol. The number of hydrogen-bond acceptors (Lipinski definition) is 3. The number of allylic oxidation sites excluding steroid dienone is 1. The Morgan fingerprint density at radius 2 is 2.38 bits per heavy atom. The van der Waals surface area contributed by atoms with E-state index in [1.165, 1.54) is 6.07 Å². The third-order valence-corrected chi connectivity index (χ3v) is 2.26. The van der Waals surface area contributed by atoms with Crippen molar-refractivity contribution < 1.29 is 14.3 Å². The SMILES string of the molecule is C/C=C/CCNC(C)c1ccc(C(=O)O)o1. The second-order valence-corrected chi connectivity index (χ2v) is 3.54. The third-order valence-electron chi connectivity index (χ3n) is 2.26. The highest BCUT2D eigenvalue weighted by molar-refractivity contribution is 5.84. The molecule has 88 valence electrons. The van der Waals surface area contributed by atoms with Gasteiger partial charge in [0.25, 0.3) is 0 Å². The summed E-state index contributed by atoms with van der Waals surface area (Å²) in [7, 11) is 0. The number of carbonyl (C=O) groups is 1. The predicted molar refractivity (Wildman–Crippen MR) is 61.5 cm³/mol. The number of carboxylic acid groups (broad SMARTS) is 1. The fraction of sp³-hybridized carbons (Fsp3) is 0.417. The van der Waals surface area contributed by atoms with Crippen molar-refractivity contribution in [3.63, 3.8) is 0 Å². The molecular weight excluding hydrogens is 206 g/mol. The van der Waals surface area contributed by atoms with Gasteiger partial charge in [-0.15, -0.1) is 0 Å². The Balaban J connectivity index is 2.46. The van der Waals surface area contributed by atoms with Crippen LogP contribution in [0.25, 0.3) is 0 Å². The van der Waals surface area contributed by atoms with E-state index in [-0.39, 0.29) is 11.8 Å². The quantitative estimate of drug-likeness (QED) is 0.574. The number of nitrogens with one attached hydrogen (secondary N) is 1. The minimum Gasteiger partial charge on any atom is -0.475 e. The molecule has 0 amide bonds. The first-order valence-electron chi connectivity index (χ1n) is 5.32. The predicted octanol–water partition coefficient (Wildman–Crippen LogP) is 2.59. The Labute approximate surface area is 95.0 Å². The molecule has 0 radical (unpaired) electrons.